The quantitative estimate of drug-likeness (QED) is 0.542. The second-order valence-electron chi connectivity index (χ2n) is 8.84. The summed E-state index contributed by atoms with van der Waals surface area (Å²) in [5.41, 5.74) is 0.743. The van der Waals surface area contributed by atoms with Gasteiger partial charge in [-0.15, -0.1) is 0 Å². The van der Waals surface area contributed by atoms with Gasteiger partial charge >= 0.3 is 6.09 Å². The SMILES string of the molecule is CC(C)(C)OC(=O)NC(c1ccccc1)C(O)N1CCCC1C(=O)Nc1ccc(Br)cc1. The van der Waals surface area contributed by atoms with Crippen LogP contribution < -0.4 is 10.6 Å². The topological polar surface area (TPSA) is 90.9 Å². The number of carbonyl (C=O) groups is 2. The van der Waals surface area contributed by atoms with E-state index in [1.165, 1.54) is 0 Å². The van der Waals surface area contributed by atoms with Gasteiger partial charge < -0.3 is 20.5 Å². The lowest BCUT2D eigenvalue weighted by atomic mass is 10.0. The van der Waals surface area contributed by atoms with Gasteiger partial charge in [-0.25, -0.2) is 4.79 Å². The number of benzene rings is 2. The summed E-state index contributed by atoms with van der Waals surface area (Å²) in [6.07, 6.45) is -0.342. The first-order valence-corrected chi connectivity index (χ1v) is 11.5. The third-order valence-corrected chi connectivity index (χ3v) is 5.71. The van der Waals surface area contributed by atoms with Gasteiger partial charge in [-0.05, 0) is 63.4 Å². The van der Waals surface area contributed by atoms with E-state index in [0.717, 1.165) is 16.5 Å². The molecule has 2 aromatic rings. The Kier molecular flexibility index (Phi) is 7.92. The van der Waals surface area contributed by atoms with Crippen molar-refractivity contribution >= 4 is 33.6 Å². The zero-order valence-electron chi connectivity index (χ0n) is 18.5. The number of amides is 2. The van der Waals surface area contributed by atoms with Gasteiger partial charge in [0.1, 0.15) is 11.8 Å². The van der Waals surface area contributed by atoms with E-state index < -0.39 is 30.0 Å². The van der Waals surface area contributed by atoms with E-state index in [0.29, 0.717) is 18.7 Å². The van der Waals surface area contributed by atoms with Gasteiger partial charge in [0.25, 0.3) is 0 Å². The molecule has 3 N–H and O–H groups in total. The second-order valence-corrected chi connectivity index (χ2v) is 9.76. The molecule has 172 valence electrons. The molecule has 3 atom stereocenters. The zero-order valence-corrected chi connectivity index (χ0v) is 20.1. The van der Waals surface area contributed by atoms with Crippen LogP contribution in [0, 0.1) is 0 Å². The van der Waals surface area contributed by atoms with Crippen LogP contribution in [0.4, 0.5) is 10.5 Å². The van der Waals surface area contributed by atoms with Crippen LogP contribution in [0.5, 0.6) is 0 Å². The Hall–Kier alpha value is -2.42. The van der Waals surface area contributed by atoms with Crippen LogP contribution in [0.3, 0.4) is 0 Å². The molecule has 0 aliphatic carbocycles. The molecule has 1 fully saturated rings. The number of rotatable bonds is 6. The molecule has 7 nitrogen and oxygen atoms in total. The number of aliphatic hydroxyl groups excluding tert-OH is 1. The Morgan fingerprint density at radius 1 is 1.12 bits per heavy atom. The van der Waals surface area contributed by atoms with Gasteiger partial charge in [-0.2, -0.15) is 0 Å². The normalized spacial score (nSPS) is 18.6. The third kappa shape index (κ3) is 6.54. The van der Waals surface area contributed by atoms with E-state index in [1.807, 2.05) is 54.6 Å². The van der Waals surface area contributed by atoms with Crippen LogP contribution in [-0.4, -0.2) is 46.4 Å². The molecule has 3 unspecified atom stereocenters. The van der Waals surface area contributed by atoms with Crippen molar-refractivity contribution in [2.24, 2.45) is 0 Å². The smallest absolute Gasteiger partial charge is 0.408 e. The minimum Gasteiger partial charge on any atom is -0.444 e. The molecule has 0 aromatic heterocycles. The molecule has 0 saturated carbocycles. The molecule has 1 heterocycles. The van der Waals surface area contributed by atoms with E-state index in [-0.39, 0.29) is 5.91 Å². The van der Waals surface area contributed by atoms with Crippen molar-refractivity contribution in [3.63, 3.8) is 0 Å². The number of halogens is 1. The number of carbonyl (C=O) groups excluding carboxylic acids is 2. The minimum atomic E-state index is -1.10. The Balaban J connectivity index is 1.77. The molecule has 32 heavy (non-hydrogen) atoms. The first kappa shape index (κ1) is 24.2. The molecule has 1 aliphatic rings. The summed E-state index contributed by atoms with van der Waals surface area (Å²) in [5, 5.41) is 17.0. The van der Waals surface area contributed by atoms with Crippen LogP contribution in [0.15, 0.2) is 59.1 Å². The molecule has 2 aromatic carbocycles. The number of anilines is 1. The molecule has 0 radical (unpaired) electrons. The lowest BCUT2D eigenvalue weighted by molar-refractivity contribution is -0.125. The van der Waals surface area contributed by atoms with Crippen molar-refractivity contribution in [3.05, 3.63) is 64.6 Å². The van der Waals surface area contributed by atoms with Crippen molar-refractivity contribution in [1.29, 1.82) is 0 Å². The number of alkyl carbamates (subject to hydrolysis) is 1. The Bertz CT molecular complexity index is 915. The molecular formula is C24H30BrN3O4. The maximum Gasteiger partial charge on any atom is 0.408 e. The monoisotopic (exact) mass is 503 g/mol. The number of likely N-dealkylation sites (tertiary alicyclic amines) is 1. The molecule has 1 aliphatic heterocycles. The van der Waals surface area contributed by atoms with Gasteiger partial charge in [0.15, 0.2) is 0 Å². The summed E-state index contributed by atoms with van der Waals surface area (Å²) in [7, 11) is 0. The van der Waals surface area contributed by atoms with Crippen molar-refractivity contribution in [2.75, 3.05) is 11.9 Å². The fourth-order valence-electron chi connectivity index (χ4n) is 3.76. The molecule has 8 heteroatoms. The van der Waals surface area contributed by atoms with E-state index >= 15 is 0 Å². The van der Waals surface area contributed by atoms with Gasteiger partial charge in [0.2, 0.25) is 5.91 Å². The van der Waals surface area contributed by atoms with Crippen molar-refractivity contribution in [1.82, 2.24) is 10.2 Å². The summed E-state index contributed by atoms with van der Waals surface area (Å²) in [4.78, 5) is 27.2. The fraction of sp³-hybridized carbons (Fsp3) is 0.417. The number of aliphatic hydroxyl groups is 1. The van der Waals surface area contributed by atoms with E-state index in [4.69, 9.17) is 4.74 Å². The van der Waals surface area contributed by atoms with E-state index in [1.54, 1.807) is 25.7 Å². The second kappa shape index (κ2) is 10.5. The molecule has 0 bridgehead atoms. The van der Waals surface area contributed by atoms with Crippen LogP contribution in [0.2, 0.25) is 0 Å². The highest BCUT2D eigenvalue weighted by molar-refractivity contribution is 9.10. The van der Waals surface area contributed by atoms with Crippen molar-refractivity contribution in [2.45, 2.75) is 57.5 Å². The average molecular weight is 504 g/mol. The first-order chi connectivity index (χ1) is 15.1. The van der Waals surface area contributed by atoms with Crippen LogP contribution in [-0.2, 0) is 9.53 Å². The van der Waals surface area contributed by atoms with Gasteiger partial charge in [0, 0.05) is 16.7 Å². The maximum atomic E-state index is 13.0. The summed E-state index contributed by atoms with van der Waals surface area (Å²) >= 11 is 3.38. The minimum absolute atomic E-state index is 0.187. The molecule has 1 saturated heterocycles. The number of ether oxygens (including phenoxy) is 1. The predicted octanol–water partition coefficient (Wildman–Crippen LogP) is 4.44. The molecule has 2 amide bonds. The van der Waals surface area contributed by atoms with Crippen LogP contribution in [0.25, 0.3) is 0 Å². The number of hydrogen-bond donors (Lipinski definition) is 3. The van der Waals surface area contributed by atoms with Crippen molar-refractivity contribution in [3.8, 4) is 0 Å². The highest BCUT2D eigenvalue weighted by Gasteiger charge is 2.39. The zero-order chi connectivity index (χ0) is 23.3. The number of hydrogen-bond acceptors (Lipinski definition) is 5. The molecular weight excluding hydrogens is 474 g/mol. The lowest BCUT2D eigenvalue weighted by Crippen LogP contribution is -2.51. The maximum absolute atomic E-state index is 13.0. The Morgan fingerprint density at radius 2 is 1.78 bits per heavy atom. The predicted molar refractivity (Wildman–Crippen MR) is 127 cm³/mol. The fourth-order valence-corrected chi connectivity index (χ4v) is 4.03. The molecule has 3 rings (SSSR count). The standard InChI is InChI=1S/C24H30BrN3O4/c1-24(2,3)32-23(31)27-20(16-8-5-4-6-9-16)22(30)28-15-7-10-19(28)21(29)26-18-13-11-17(25)12-14-18/h4-6,8-9,11-14,19-20,22,30H,7,10,15H2,1-3H3,(H,26,29)(H,27,31). The van der Waals surface area contributed by atoms with E-state index in [2.05, 4.69) is 26.6 Å². The average Bonchev–Trinajstić information content (AvgIpc) is 3.23. The van der Waals surface area contributed by atoms with E-state index in [9.17, 15) is 14.7 Å². The first-order valence-electron chi connectivity index (χ1n) is 10.7. The summed E-state index contributed by atoms with van der Waals surface area (Å²) < 4.78 is 6.33. The number of nitrogens with one attached hydrogen (secondary N) is 2. The Labute approximate surface area is 197 Å². The largest absolute Gasteiger partial charge is 0.444 e. The summed E-state index contributed by atoms with van der Waals surface area (Å²) in [5.74, 6) is -0.187. The Morgan fingerprint density at radius 3 is 2.41 bits per heavy atom. The number of nitrogens with zero attached hydrogens (tertiary/aromatic N) is 1. The lowest BCUT2D eigenvalue weighted by Gasteiger charge is -2.35. The summed E-state index contributed by atoms with van der Waals surface area (Å²) in [6.45, 7) is 5.88. The van der Waals surface area contributed by atoms with Crippen LogP contribution in [0.1, 0.15) is 45.2 Å². The molecule has 0 spiro atoms. The van der Waals surface area contributed by atoms with Gasteiger partial charge in [0.05, 0.1) is 12.1 Å². The highest BCUT2D eigenvalue weighted by atomic mass is 79.9. The van der Waals surface area contributed by atoms with Crippen LogP contribution >= 0.6 is 15.9 Å². The third-order valence-electron chi connectivity index (χ3n) is 5.18. The van der Waals surface area contributed by atoms with Gasteiger partial charge in [-0.1, -0.05) is 46.3 Å². The van der Waals surface area contributed by atoms with Gasteiger partial charge in [-0.3, -0.25) is 9.69 Å². The summed E-state index contributed by atoms with van der Waals surface area (Å²) in [6, 6.07) is 15.3. The van der Waals surface area contributed by atoms with Crippen molar-refractivity contribution < 1.29 is 19.4 Å². The highest BCUT2D eigenvalue weighted by Crippen LogP contribution is 2.28.